The van der Waals surface area contributed by atoms with Crippen LogP contribution >= 0.6 is 0 Å². The Bertz CT molecular complexity index is 754. The number of nitrogens with zero attached hydrogens (tertiary/aromatic N) is 1. The van der Waals surface area contributed by atoms with Gasteiger partial charge in [0.1, 0.15) is 18.8 Å². The van der Waals surface area contributed by atoms with Gasteiger partial charge in [-0.25, -0.2) is 4.79 Å². The summed E-state index contributed by atoms with van der Waals surface area (Å²) in [6.45, 7) is 0.530. The van der Waals surface area contributed by atoms with Crippen molar-refractivity contribution >= 4 is 17.8 Å². The van der Waals surface area contributed by atoms with Crippen molar-refractivity contribution in [2.75, 3.05) is 0 Å². The predicted molar refractivity (Wildman–Crippen MR) is 85.9 cm³/mol. The van der Waals surface area contributed by atoms with E-state index in [2.05, 4.69) is 5.32 Å². The Morgan fingerprint density at radius 2 is 1.71 bits per heavy atom. The van der Waals surface area contributed by atoms with E-state index in [-0.39, 0.29) is 13.0 Å². The molecule has 2 aromatic carbocycles. The molecule has 1 aliphatic heterocycles. The third-order valence-electron chi connectivity index (χ3n) is 3.59. The summed E-state index contributed by atoms with van der Waals surface area (Å²) < 4.78 is 5.73. The number of benzene rings is 2. The van der Waals surface area contributed by atoms with Crippen molar-refractivity contribution in [3.8, 4) is 5.75 Å². The second-order valence-corrected chi connectivity index (χ2v) is 5.43. The summed E-state index contributed by atoms with van der Waals surface area (Å²) in [4.78, 5) is 35.8. The van der Waals surface area contributed by atoms with Crippen LogP contribution in [0.15, 0.2) is 54.6 Å². The molecular formula is C18H16N2O4. The molecule has 0 aliphatic carbocycles. The maximum atomic E-state index is 11.8. The Labute approximate surface area is 139 Å². The van der Waals surface area contributed by atoms with Gasteiger partial charge in [-0.15, -0.1) is 0 Å². The highest BCUT2D eigenvalue weighted by Crippen LogP contribution is 2.18. The van der Waals surface area contributed by atoms with Crippen LogP contribution in [-0.4, -0.2) is 22.7 Å². The zero-order valence-electron chi connectivity index (χ0n) is 12.9. The van der Waals surface area contributed by atoms with E-state index in [0.29, 0.717) is 12.4 Å². The summed E-state index contributed by atoms with van der Waals surface area (Å²) in [5.74, 6) is -0.419. The molecule has 0 bridgehead atoms. The summed E-state index contributed by atoms with van der Waals surface area (Å²) in [6, 6.07) is 16.3. The van der Waals surface area contributed by atoms with E-state index >= 15 is 0 Å². The van der Waals surface area contributed by atoms with Crippen LogP contribution in [0.25, 0.3) is 0 Å². The Hall–Kier alpha value is -3.15. The lowest BCUT2D eigenvalue weighted by atomic mass is 10.2. The molecule has 0 aromatic heterocycles. The number of carbonyl (C=O) groups excluding carboxylic acids is 3. The van der Waals surface area contributed by atoms with Gasteiger partial charge in [0.15, 0.2) is 0 Å². The van der Waals surface area contributed by atoms with Crippen LogP contribution in [0.5, 0.6) is 5.75 Å². The van der Waals surface area contributed by atoms with E-state index in [4.69, 9.17) is 4.74 Å². The first kappa shape index (κ1) is 15.7. The van der Waals surface area contributed by atoms with Crippen molar-refractivity contribution in [1.29, 1.82) is 0 Å². The highest BCUT2D eigenvalue weighted by atomic mass is 16.5. The fraction of sp³-hybridized carbons (Fsp3) is 0.167. The van der Waals surface area contributed by atoms with Crippen molar-refractivity contribution < 1.29 is 19.1 Å². The number of rotatable bonds is 5. The molecule has 6 nitrogen and oxygen atoms in total. The highest BCUT2D eigenvalue weighted by Gasteiger charge is 2.30. The Morgan fingerprint density at radius 1 is 0.958 bits per heavy atom. The Morgan fingerprint density at radius 3 is 2.46 bits per heavy atom. The van der Waals surface area contributed by atoms with E-state index in [1.165, 1.54) is 0 Å². The largest absolute Gasteiger partial charge is 0.489 e. The van der Waals surface area contributed by atoms with E-state index in [0.717, 1.165) is 16.0 Å². The molecule has 24 heavy (non-hydrogen) atoms. The van der Waals surface area contributed by atoms with Gasteiger partial charge in [-0.2, -0.15) is 0 Å². The summed E-state index contributed by atoms with van der Waals surface area (Å²) >= 11 is 0. The SMILES string of the molecule is O=C1CC(=O)N(Cc2cccc(OCc3ccccc3)c2)C(=O)N1. The molecule has 0 spiro atoms. The minimum Gasteiger partial charge on any atom is -0.489 e. The van der Waals surface area contributed by atoms with E-state index < -0.39 is 17.8 Å². The maximum Gasteiger partial charge on any atom is 0.331 e. The van der Waals surface area contributed by atoms with Gasteiger partial charge in [0.2, 0.25) is 11.8 Å². The normalized spacial score (nSPS) is 14.5. The van der Waals surface area contributed by atoms with Crippen molar-refractivity contribution in [3.63, 3.8) is 0 Å². The quantitative estimate of drug-likeness (QED) is 0.856. The number of hydrogen-bond acceptors (Lipinski definition) is 4. The van der Waals surface area contributed by atoms with E-state index in [1.54, 1.807) is 18.2 Å². The maximum absolute atomic E-state index is 11.8. The molecule has 0 saturated carbocycles. The summed E-state index contributed by atoms with van der Waals surface area (Å²) in [6.07, 6.45) is -0.310. The van der Waals surface area contributed by atoms with Crippen molar-refractivity contribution in [1.82, 2.24) is 10.2 Å². The van der Waals surface area contributed by atoms with Crippen molar-refractivity contribution in [2.45, 2.75) is 19.6 Å². The Kier molecular flexibility index (Phi) is 4.56. The van der Waals surface area contributed by atoms with Crippen LogP contribution in [0.3, 0.4) is 0 Å². The minimum atomic E-state index is -0.688. The molecule has 1 saturated heterocycles. The van der Waals surface area contributed by atoms with Gasteiger partial charge in [0.25, 0.3) is 0 Å². The Balaban J connectivity index is 1.66. The standard InChI is InChI=1S/C18H16N2O4/c21-16-10-17(22)20(18(23)19-16)11-14-7-4-8-15(9-14)24-12-13-5-2-1-3-6-13/h1-9H,10-12H2,(H,19,21,23). The molecule has 1 N–H and O–H groups in total. The van der Waals surface area contributed by atoms with Crippen molar-refractivity contribution in [2.24, 2.45) is 0 Å². The van der Waals surface area contributed by atoms with Gasteiger partial charge < -0.3 is 4.74 Å². The first-order valence-electron chi connectivity index (χ1n) is 7.51. The van der Waals surface area contributed by atoms with E-state index in [1.807, 2.05) is 36.4 Å². The number of imide groups is 2. The van der Waals surface area contributed by atoms with Gasteiger partial charge in [-0.05, 0) is 23.3 Å². The lowest BCUT2D eigenvalue weighted by Crippen LogP contribution is -2.52. The van der Waals surface area contributed by atoms with Gasteiger partial charge in [-0.3, -0.25) is 19.8 Å². The average Bonchev–Trinajstić information content (AvgIpc) is 2.58. The monoisotopic (exact) mass is 324 g/mol. The number of amides is 4. The molecule has 6 heteroatoms. The third-order valence-corrected chi connectivity index (χ3v) is 3.59. The third kappa shape index (κ3) is 3.78. The zero-order chi connectivity index (χ0) is 16.9. The number of urea groups is 1. The summed E-state index contributed by atoms with van der Waals surface area (Å²) in [5.41, 5.74) is 1.80. The molecule has 0 unspecified atom stereocenters. The van der Waals surface area contributed by atoms with E-state index in [9.17, 15) is 14.4 Å². The fourth-order valence-corrected chi connectivity index (χ4v) is 2.39. The smallest absolute Gasteiger partial charge is 0.331 e. The molecule has 0 radical (unpaired) electrons. The lowest BCUT2D eigenvalue weighted by molar-refractivity contribution is -0.136. The fourth-order valence-electron chi connectivity index (χ4n) is 2.39. The molecule has 3 rings (SSSR count). The molecule has 2 aromatic rings. The number of hydrogen-bond donors (Lipinski definition) is 1. The number of nitrogens with one attached hydrogen (secondary N) is 1. The van der Waals surface area contributed by atoms with Crippen LogP contribution in [-0.2, 0) is 22.7 Å². The molecule has 4 amide bonds. The second kappa shape index (κ2) is 6.95. The first-order valence-corrected chi connectivity index (χ1v) is 7.51. The van der Waals surface area contributed by atoms with Crippen molar-refractivity contribution in [3.05, 3.63) is 65.7 Å². The number of carbonyl (C=O) groups is 3. The van der Waals surface area contributed by atoms with Gasteiger partial charge >= 0.3 is 6.03 Å². The topological polar surface area (TPSA) is 75.7 Å². The molecule has 1 aliphatic rings. The summed E-state index contributed by atoms with van der Waals surface area (Å²) in [7, 11) is 0. The molecular weight excluding hydrogens is 308 g/mol. The van der Waals surface area contributed by atoms with Crippen LogP contribution in [0.2, 0.25) is 0 Å². The number of barbiturate groups is 1. The number of ether oxygens (including phenoxy) is 1. The highest BCUT2D eigenvalue weighted by molar-refractivity contribution is 6.14. The molecule has 0 atom stereocenters. The predicted octanol–water partition coefficient (Wildman–Crippen LogP) is 2.23. The average molecular weight is 324 g/mol. The van der Waals surface area contributed by atoms with Gasteiger partial charge in [0, 0.05) is 0 Å². The van der Waals surface area contributed by atoms with Gasteiger partial charge in [-0.1, -0.05) is 42.5 Å². The van der Waals surface area contributed by atoms with Crippen LogP contribution in [0.4, 0.5) is 4.79 Å². The molecule has 122 valence electrons. The first-order chi connectivity index (χ1) is 11.6. The summed E-state index contributed by atoms with van der Waals surface area (Å²) in [5, 5.41) is 2.14. The van der Waals surface area contributed by atoms with Crippen LogP contribution in [0, 0.1) is 0 Å². The molecule has 1 heterocycles. The van der Waals surface area contributed by atoms with Crippen LogP contribution in [0.1, 0.15) is 17.5 Å². The van der Waals surface area contributed by atoms with Crippen LogP contribution < -0.4 is 10.1 Å². The van der Waals surface area contributed by atoms with Gasteiger partial charge in [0.05, 0.1) is 6.54 Å². The molecule has 1 fully saturated rings. The lowest BCUT2D eigenvalue weighted by Gasteiger charge is -2.24. The second-order valence-electron chi connectivity index (χ2n) is 5.43. The zero-order valence-corrected chi connectivity index (χ0v) is 12.9. The minimum absolute atomic E-state index is 0.0977.